The second kappa shape index (κ2) is 15.7. The molecule has 262 valence electrons. The fourth-order valence-corrected chi connectivity index (χ4v) is 11.3. The molecule has 0 aliphatic carbocycles. The molecule has 11 heteroatoms. The van der Waals surface area contributed by atoms with Gasteiger partial charge in [0.2, 0.25) is 0 Å². The van der Waals surface area contributed by atoms with Crippen molar-refractivity contribution < 1.29 is 35.0 Å². The SMILES string of the molecule is CCC(CCCCCCCCCc1ccc(Cc2ccc(C)c(S(=O)(=O)O)c2)cc1S(=O)(=O)O)P1(=O)Oc2ccccc2-c2ccccc21. The van der Waals surface area contributed by atoms with E-state index in [1.54, 1.807) is 31.2 Å². The Labute approximate surface area is 290 Å². The predicted octanol–water partition coefficient (Wildman–Crippen LogP) is 9.18. The highest BCUT2D eigenvalue weighted by atomic mass is 32.2. The summed E-state index contributed by atoms with van der Waals surface area (Å²) in [5.41, 5.74) is 4.09. The van der Waals surface area contributed by atoms with Crippen LogP contribution in [0.4, 0.5) is 0 Å². The third-order valence-electron chi connectivity index (χ3n) is 9.43. The maximum Gasteiger partial charge on any atom is 0.294 e. The second-order valence-electron chi connectivity index (χ2n) is 12.9. The van der Waals surface area contributed by atoms with E-state index >= 15 is 0 Å². The molecule has 2 N–H and O–H groups in total. The molecule has 2 unspecified atom stereocenters. The van der Waals surface area contributed by atoms with E-state index in [1.807, 2.05) is 48.5 Å². The van der Waals surface area contributed by atoms with Crippen LogP contribution in [0.1, 0.15) is 87.0 Å². The minimum absolute atomic E-state index is 0.0450. The summed E-state index contributed by atoms with van der Waals surface area (Å²) in [4.78, 5) is -0.324. The molecule has 0 bridgehead atoms. The number of hydrogen-bond donors (Lipinski definition) is 2. The maximum absolute atomic E-state index is 14.4. The van der Waals surface area contributed by atoms with Gasteiger partial charge in [-0.15, -0.1) is 0 Å². The molecular formula is C38H45O8PS2. The zero-order valence-corrected chi connectivity index (χ0v) is 30.6. The van der Waals surface area contributed by atoms with E-state index in [-0.39, 0.29) is 21.9 Å². The van der Waals surface area contributed by atoms with Crippen molar-refractivity contribution in [3.63, 3.8) is 0 Å². The zero-order valence-electron chi connectivity index (χ0n) is 28.0. The van der Waals surface area contributed by atoms with Crippen LogP contribution in [-0.4, -0.2) is 31.6 Å². The van der Waals surface area contributed by atoms with Crippen LogP contribution in [0.5, 0.6) is 5.75 Å². The maximum atomic E-state index is 14.4. The van der Waals surface area contributed by atoms with Gasteiger partial charge in [-0.1, -0.05) is 106 Å². The Morgan fingerprint density at radius 2 is 1.27 bits per heavy atom. The Hall–Kier alpha value is -3.27. The van der Waals surface area contributed by atoms with Gasteiger partial charge in [0.05, 0.1) is 20.8 Å². The molecule has 1 aliphatic rings. The van der Waals surface area contributed by atoms with Gasteiger partial charge in [-0.25, -0.2) is 0 Å². The first-order chi connectivity index (χ1) is 23.3. The molecule has 49 heavy (non-hydrogen) atoms. The molecule has 5 rings (SSSR count). The van der Waals surface area contributed by atoms with Crippen LogP contribution in [0.2, 0.25) is 0 Å². The molecule has 2 atom stereocenters. The second-order valence-corrected chi connectivity index (χ2v) is 18.3. The van der Waals surface area contributed by atoms with Gasteiger partial charge in [-0.05, 0) is 91.1 Å². The predicted molar refractivity (Wildman–Crippen MR) is 195 cm³/mol. The summed E-state index contributed by atoms with van der Waals surface area (Å²) in [5.74, 6) is 0.696. The summed E-state index contributed by atoms with van der Waals surface area (Å²) in [7, 11) is -11.9. The summed E-state index contributed by atoms with van der Waals surface area (Å²) in [6, 6.07) is 25.3. The van der Waals surface area contributed by atoms with Gasteiger partial charge < -0.3 is 4.52 Å². The lowest BCUT2D eigenvalue weighted by Crippen LogP contribution is -2.25. The van der Waals surface area contributed by atoms with Crippen molar-refractivity contribution >= 4 is 32.9 Å². The lowest BCUT2D eigenvalue weighted by molar-refractivity contribution is 0.462. The van der Waals surface area contributed by atoms with Crippen LogP contribution in [0.15, 0.2) is 94.7 Å². The van der Waals surface area contributed by atoms with E-state index in [4.69, 9.17) is 4.52 Å². The fraction of sp³-hybridized carbons (Fsp3) is 0.368. The molecule has 1 heterocycles. The monoisotopic (exact) mass is 724 g/mol. The van der Waals surface area contributed by atoms with Crippen molar-refractivity contribution in [2.75, 3.05) is 0 Å². The van der Waals surface area contributed by atoms with Gasteiger partial charge in [-0.2, -0.15) is 16.8 Å². The van der Waals surface area contributed by atoms with Crippen molar-refractivity contribution in [3.8, 4) is 16.9 Å². The molecule has 0 spiro atoms. The van der Waals surface area contributed by atoms with E-state index in [9.17, 15) is 30.5 Å². The molecule has 0 fully saturated rings. The Morgan fingerprint density at radius 1 is 0.694 bits per heavy atom. The number of fused-ring (bicyclic) bond motifs is 3. The van der Waals surface area contributed by atoms with Crippen LogP contribution in [0.25, 0.3) is 11.1 Å². The lowest BCUT2D eigenvalue weighted by atomic mass is 10.00. The molecule has 0 amide bonds. The highest BCUT2D eigenvalue weighted by Crippen LogP contribution is 2.59. The van der Waals surface area contributed by atoms with Gasteiger partial charge in [0.25, 0.3) is 27.6 Å². The zero-order chi connectivity index (χ0) is 35.2. The number of benzene rings is 4. The van der Waals surface area contributed by atoms with Gasteiger partial charge >= 0.3 is 0 Å². The standard InChI is InChI=1S/C38H45O8PS2/c1-3-32(47(39)36-20-14-12-18-34(36)33-17-11-13-19-35(33)46-47)16-10-8-6-4-5-7-9-15-31-24-23-30(27-38(31)49(43,44)45)25-29-22-21-28(2)37(26-29)48(40,41)42/h11-14,17-24,26-27,32H,3-10,15-16,25H2,1-2H3,(H,40,41,42)(H,43,44,45). The van der Waals surface area contributed by atoms with Crippen molar-refractivity contribution in [3.05, 3.63) is 107 Å². The first-order valence-corrected chi connectivity index (χ1v) is 21.5. The first kappa shape index (κ1) is 37.0. The third-order valence-corrected chi connectivity index (χ3v) is 14.5. The van der Waals surface area contributed by atoms with E-state index in [2.05, 4.69) is 6.92 Å². The number of hydrogen-bond acceptors (Lipinski definition) is 6. The number of para-hydroxylation sites is 1. The normalized spacial score (nSPS) is 16.4. The Kier molecular flexibility index (Phi) is 11.9. The largest absolute Gasteiger partial charge is 0.439 e. The van der Waals surface area contributed by atoms with Crippen LogP contribution >= 0.6 is 7.37 Å². The van der Waals surface area contributed by atoms with Crippen molar-refractivity contribution in [1.29, 1.82) is 0 Å². The number of unbranched alkanes of at least 4 members (excludes halogenated alkanes) is 6. The smallest absolute Gasteiger partial charge is 0.294 e. The molecule has 0 saturated heterocycles. The van der Waals surface area contributed by atoms with E-state index in [1.165, 1.54) is 12.1 Å². The molecule has 1 aliphatic heterocycles. The quantitative estimate of drug-likeness (QED) is 0.0664. The number of aryl methyl sites for hydroxylation is 2. The van der Waals surface area contributed by atoms with Crippen molar-refractivity contribution in [2.24, 2.45) is 0 Å². The van der Waals surface area contributed by atoms with Gasteiger partial charge in [-0.3, -0.25) is 13.7 Å². The summed E-state index contributed by atoms with van der Waals surface area (Å²) < 4.78 is 88.1. The van der Waals surface area contributed by atoms with Crippen LogP contribution < -0.4 is 9.83 Å². The first-order valence-electron chi connectivity index (χ1n) is 17.0. The van der Waals surface area contributed by atoms with E-state index in [0.717, 1.165) is 74.2 Å². The highest BCUT2D eigenvalue weighted by Gasteiger charge is 2.41. The summed E-state index contributed by atoms with van der Waals surface area (Å²) in [5, 5.41) is 0.827. The molecule has 0 aromatic heterocycles. The third kappa shape index (κ3) is 8.91. The van der Waals surface area contributed by atoms with E-state index < -0.39 is 27.6 Å². The summed E-state index contributed by atoms with van der Waals surface area (Å²) in [6.07, 6.45) is 9.17. The topological polar surface area (TPSA) is 135 Å². The van der Waals surface area contributed by atoms with Gasteiger partial charge in [0.15, 0.2) is 0 Å². The minimum Gasteiger partial charge on any atom is -0.439 e. The average molecular weight is 725 g/mol. The Balaban J connectivity index is 1.08. The highest BCUT2D eigenvalue weighted by molar-refractivity contribution is 7.86. The summed E-state index contributed by atoms with van der Waals surface area (Å²) >= 11 is 0. The van der Waals surface area contributed by atoms with Crippen molar-refractivity contribution in [1.82, 2.24) is 0 Å². The van der Waals surface area contributed by atoms with Crippen LogP contribution in [0, 0.1) is 6.92 Å². The van der Waals surface area contributed by atoms with E-state index in [0.29, 0.717) is 34.4 Å². The average Bonchev–Trinajstić information content (AvgIpc) is 3.06. The lowest BCUT2D eigenvalue weighted by Gasteiger charge is -2.33. The number of rotatable bonds is 16. The Morgan fingerprint density at radius 3 is 1.94 bits per heavy atom. The van der Waals surface area contributed by atoms with Gasteiger partial charge in [0, 0.05) is 5.56 Å². The fourth-order valence-electron chi connectivity index (χ4n) is 6.83. The molecule has 0 radical (unpaired) electrons. The van der Waals surface area contributed by atoms with Crippen LogP contribution in [0.3, 0.4) is 0 Å². The molecule has 8 nitrogen and oxygen atoms in total. The minimum atomic E-state index is -4.46. The van der Waals surface area contributed by atoms with Crippen molar-refractivity contribution in [2.45, 2.75) is 99.9 Å². The molecule has 4 aromatic carbocycles. The Bertz CT molecular complexity index is 2060. The van der Waals surface area contributed by atoms with Gasteiger partial charge in [0.1, 0.15) is 5.75 Å². The van der Waals surface area contributed by atoms with Crippen LogP contribution in [-0.2, 0) is 37.6 Å². The molecule has 0 saturated carbocycles. The summed E-state index contributed by atoms with van der Waals surface area (Å²) in [6.45, 7) is 3.67. The molecular weight excluding hydrogens is 680 g/mol. The molecule has 4 aromatic rings.